The molecule has 1 rings (SSSR count). The van der Waals surface area contributed by atoms with Gasteiger partial charge in [-0.3, -0.25) is 4.68 Å². The molecule has 1 aromatic heterocycles. The van der Waals surface area contributed by atoms with Crippen LogP contribution >= 0.6 is 0 Å². The van der Waals surface area contributed by atoms with Crippen LogP contribution < -0.4 is 5.11 Å². The molecule has 0 atom stereocenters. The van der Waals surface area contributed by atoms with Crippen molar-refractivity contribution in [1.82, 2.24) is 9.78 Å². The number of carbonyl (C=O) groups is 1. The summed E-state index contributed by atoms with van der Waals surface area (Å²) in [4.78, 5) is 10.0. The van der Waals surface area contributed by atoms with E-state index in [1.165, 1.54) is 0 Å². The van der Waals surface area contributed by atoms with E-state index in [2.05, 4.69) is 5.10 Å². The molecule has 0 radical (unpaired) electrons. The van der Waals surface area contributed by atoms with E-state index in [1.807, 2.05) is 0 Å². The summed E-state index contributed by atoms with van der Waals surface area (Å²) in [6.07, 6.45) is 4.01. The number of aromatic nitrogens is 2. The number of rotatable bonds is 3. The van der Waals surface area contributed by atoms with E-state index in [9.17, 15) is 9.90 Å². The van der Waals surface area contributed by atoms with E-state index in [-0.39, 0.29) is 6.42 Å². The maximum absolute atomic E-state index is 10.0. The second-order valence-corrected chi connectivity index (χ2v) is 2.39. The van der Waals surface area contributed by atoms with Crippen molar-refractivity contribution in [3.63, 3.8) is 0 Å². The first-order valence-electron chi connectivity index (χ1n) is 3.36. The quantitative estimate of drug-likeness (QED) is 0.565. The van der Waals surface area contributed by atoms with E-state index in [0.717, 1.165) is 5.56 Å². The molecule has 0 amide bonds. The molecule has 0 bridgehead atoms. The van der Waals surface area contributed by atoms with Crippen molar-refractivity contribution >= 4 is 5.97 Å². The average Bonchev–Trinajstić information content (AvgIpc) is 2.31. The number of hydrogen-bond donors (Lipinski definition) is 0. The highest BCUT2D eigenvalue weighted by Gasteiger charge is 1.94. The second kappa shape index (κ2) is 3.18. The molecule has 1 heterocycles. The van der Waals surface area contributed by atoms with Crippen molar-refractivity contribution in [2.24, 2.45) is 7.05 Å². The Morgan fingerprint density at radius 1 is 1.82 bits per heavy atom. The van der Waals surface area contributed by atoms with Gasteiger partial charge in [-0.15, -0.1) is 0 Å². The van der Waals surface area contributed by atoms with Crippen LogP contribution in [0, 0.1) is 0 Å². The number of carboxylic acids is 1. The summed E-state index contributed by atoms with van der Waals surface area (Å²) in [5.41, 5.74) is 0.928. The molecule has 0 spiro atoms. The first-order chi connectivity index (χ1) is 5.18. The molecule has 0 aromatic carbocycles. The third kappa shape index (κ3) is 2.41. The standard InChI is InChI=1S/C7H10N2O2/c1-9-5-6(4-8-9)2-3-7(10)11/h4-5H,2-3H2,1H3,(H,10,11)/p-1. The number of nitrogens with zero attached hydrogens (tertiary/aromatic N) is 2. The maximum Gasteiger partial charge on any atom is 0.0521 e. The van der Waals surface area contributed by atoms with Gasteiger partial charge in [0.25, 0.3) is 0 Å². The molecule has 0 aliphatic rings. The fourth-order valence-electron chi connectivity index (χ4n) is 0.847. The summed E-state index contributed by atoms with van der Waals surface area (Å²) in [6, 6.07) is 0. The first kappa shape index (κ1) is 7.78. The number of aliphatic carboxylic acids is 1. The van der Waals surface area contributed by atoms with Crippen LogP contribution in [0.2, 0.25) is 0 Å². The zero-order valence-electron chi connectivity index (χ0n) is 6.28. The van der Waals surface area contributed by atoms with Gasteiger partial charge < -0.3 is 9.90 Å². The monoisotopic (exact) mass is 153 g/mol. The lowest BCUT2D eigenvalue weighted by Crippen LogP contribution is -2.22. The summed E-state index contributed by atoms with van der Waals surface area (Å²) < 4.78 is 1.64. The molecular weight excluding hydrogens is 144 g/mol. The molecule has 60 valence electrons. The molecular formula is C7H9N2O2-. The molecule has 0 unspecified atom stereocenters. The fourth-order valence-corrected chi connectivity index (χ4v) is 0.847. The van der Waals surface area contributed by atoms with Crippen molar-refractivity contribution in [3.8, 4) is 0 Å². The Kier molecular flexibility index (Phi) is 2.25. The van der Waals surface area contributed by atoms with Crippen LogP contribution in [0.4, 0.5) is 0 Å². The molecule has 4 nitrogen and oxygen atoms in total. The Morgan fingerprint density at radius 2 is 2.55 bits per heavy atom. The molecule has 0 saturated heterocycles. The Hall–Kier alpha value is -1.32. The van der Waals surface area contributed by atoms with Crippen LogP contribution in [0.5, 0.6) is 0 Å². The molecule has 1 aromatic rings. The Labute approximate surface area is 64.5 Å². The number of aryl methyl sites for hydroxylation is 2. The van der Waals surface area contributed by atoms with Crippen LogP contribution in [0.1, 0.15) is 12.0 Å². The highest BCUT2D eigenvalue weighted by molar-refractivity contribution is 5.64. The van der Waals surface area contributed by atoms with Crippen molar-refractivity contribution in [1.29, 1.82) is 0 Å². The van der Waals surface area contributed by atoms with Crippen molar-refractivity contribution in [2.45, 2.75) is 12.8 Å². The van der Waals surface area contributed by atoms with Gasteiger partial charge in [0, 0.05) is 19.2 Å². The van der Waals surface area contributed by atoms with Crippen LogP contribution in [0.3, 0.4) is 0 Å². The highest BCUT2D eigenvalue weighted by Crippen LogP contribution is 1.99. The van der Waals surface area contributed by atoms with E-state index < -0.39 is 5.97 Å². The van der Waals surface area contributed by atoms with Gasteiger partial charge in [0.1, 0.15) is 0 Å². The topological polar surface area (TPSA) is 58.0 Å². The van der Waals surface area contributed by atoms with Gasteiger partial charge in [0.2, 0.25) is 0 Å². The molecule has 0 N–H and O–H groups in total. The maximum atomic E-state index is 10.0. The average molecular weight is 153 g/mol. The largest absolute Gasteiger partial charge is 0.550 e. The molecule has 0 aliphatic heterocycles. The normalized spacial score (nSPS) is 9.91. The number of carbonyl (C=O) groups excluding carboxylic acids is 1. The van der Waals surface area contributed by atoms with Crippen LogP contribution in [-0.4, -0.2) is 15.7 Å². The minimum atomic E-state index is -1.02. The van der Waals surface area contributed by atoms with Gasteiger partial charge in [-0.2, -0.15) is 5.10 Å². The molecule has 11 heavy (non-hydrogen) atoms. The molecule has 0 aliphatic carbocycles. The second-order valence-electron chi connectivity index (χ2n) is 2.39. The lowest BCUT2D eigenvalue weighted by Gasteiger charge is -1.97. The summed E-state index contributed by atoms with van der Waals surface area (Å²) in [6.45, 7) is 0. The zero-order chi connectivity index (χ0) is 8.27. The predicted octanol–water partition coefficient (Wildman–Crippen LogP) is -0.897. The third-order valence-electron chi connectivity index (χ3n) is 1.38. The lowest BCUT2D eigenvalue weighted by molar-refractivity contribution is -0.305. The highest BCUT2D eigenvalue weighted by atomic mass is 16.4. The summed E-state index contributed by atoms with van der Waals surface area (Å²) in [7, 11) is 1.79. The smallest absolute Gasteiger partial charge is 0.0521 e. The summed E-state index contributed by atoms with van der Waals surface area (Å²) in [5.74, 6) is -1.02. The Balaban J connectivity index is 2.45. The summed E-state index contributed by atoms with van der Waals surface area (Å²) in [5, 5.41) is 13.9. The van der Waals surface area contributed by atoms with Crippen LogP contribution in [0.25, 0.3) is 0 Å². The predicted molar refractivity (Wildman–Crippen MR) is 36.5 cm³/mol. The lowest BCUT2D eigenvalue weighted by atomic mass is 10.2. The number of carboxylic acid groups (broad SMARTS) is 1. The summed E-state index contributed by atoms with van der Waals surface area (Å²) >= 11 is 0. The van der Waals surface area contributed by atoms with Crippen molar-refractivity contribution in [3.05, 3.63) is 18.0 Å². The van der Waals surface area contributed by atoms with Gasteiger partial charge in [-0.1, -0.05) is 0 Å². The van der Waals surface area contributed by atoms with E-state index >= 15 is 0 Å². The number of hydrogen-bond acceptors (Lipinski definition) is 3. The Morgan fingerprint density at radius 3 is 3.00 bits per heavy atom. The Bertz CT molecular complexity index is 255. The van der Waals surface area contributed by atoms with Crippen LogP contribution in [0.15, 0.2) is 12.4 Å². The molecule has 0 fully saturated rings. The molecule has 0 saturated carbocycles. The minimum Gasteiger partial charge on any atom is -0.550 e. The van der Waals surface area contributed by atoms with Crippen molar-refractivity contribution < 1.29 is 9.90 Å². The zero-order valence-corrected chi connectivity index (χ0v) is 6.28. The van der Waals surface area contributed by atoms with Crippen LogP contribution in [-0.2, 0) is 18.3 Å². The SMILES string of the molecule is Cn1cc(CCC(=O)[O-])cn1. The van der Waals surface area contributed by atoms with Gasteiger partial charge >= 0.3 is 0 Å². The fraction of sp³-hybridized carbons (Fsp3) is 0.429. The van der Waals surface area contributed by atoms with Gasteiger partial charge in [0.15, 0.2) is 0 Å². The first-order valence-corrected chi connectivity index (χ1v) is 3.36. The van der Waals surface area contributed by atoms with Gasteiger partial charge in [-0.05, 0) is 18.4 Å². The van der Waals surface area contributed by atoms with E-state index in [4.69, 9.17) is 0 Å². The van der Waals surface area contributed by atoms with E-state index in [0.29, 0.717) is 6.42 Å². The van der Waals surface area contributed by atoms with Crippen molar-refractivity contribution in [2.75, 3.05) is 0 Å². The van der Waals surface area contributed by atoms with Gasteiger partial charge in [-0.25, -0.2) is 0 Å². The van der Waals surface area contributed by atoms with E-state index in [1.54, 1.807) is 24.1 Å². The minimum absolute atomic E-state index is 0.0612. The van der Waals surface area contributed by atoms with Gasteiger partial charge in [0.05, 0.1) is 6.20 Å². The third-order valence-corrected chi connectivity index (χ3v) is 1.38. The molecule has 4 heteroatoms.